The lowest BCUT2D eigenvalue weighted by atomic mass is 9.83. The summed E-state index contributed by atoms with van der Waals surface area (Å²) >= 11 is 0. The number of ketones is 1. The molecule has 0 radical (unpaired) electrons. The first-order valence-electron chi connectivity index (χ1n) is 5.92. The number of para-hydroxylation sites is 1. The highest BCUT2D eigenvalue weighted by atomic mass is 16.5. The van der Waals surface area contributed by atoms with E-state index in [-0.39, 0.29) is 11.4 Å². The van der Waals surface area contributed by atoms with Crippen molar-refractivity contribution in [2.45, 2.75) is 24.9 Å². The normalized spacial score (nSPS) is 22.6. The van der Waals surface area contributed by atoms with Crippen LogP contribution in [0.25, 0.3) is 0 Å². The van der Waals surface area contributed by atoms with Crippen LogP contribution in [0.4, 0.5) is 0 Å². The number of piperidine rings is 1. The smallest absolute Gasteiger partial charge is 0.170 e. The minimum atomic E-state index is -0.208. The summed E-state index contributed by atoms with van der Waals surface area (Å²) in [6, 6.07) is 7.60. The average Bonchev–Trinajstić information content (AvgIpc) is 2.30. The fourth-order valence-corrected chi connectivity index (χ4v) is 2.72. The molecular formula is C13H16NO2+. The molecule has 0 saturated carbocycles. The first-order chi connectivity index (χ1) is 7.79. The van der Waals surface area contributed by atoms with Gasteiger partial charge < -0.3 is 10.1 Å². The van der Waals surface area contributed by atoms with Crippen LogP contribution >= 0.6 is 0 Å². The Labute approximate surface area is 94.8 Å². The topological polar surface area (TPSA) is 42.9 Å². The summed E-state index contributed by atoms with van der Waals surface area (Å²) in [5, 5.41) is 2.29. The zero-order valence-electron chi connectivity index (χ0n) is 9.24. The Balaban J connectivity index is 1.96. The maximum absolute atomic E-state index is 12.1. The summed E-state index contributed by atoms with van der Waals surface area (Å²) in [4.78, 5) is 12.1. The largest absolute Gasteiger partial charge is 0.486 e. The minimum absolute atomic E-state index is 0.208. The fourth-order valence-electron chi connectivity index (χ4n) is 2.72. The lowest BCUT2D eigenvalue weighted by Gasteiger charge is -2.39. The molecule has 0 bridgehead atoms. The van der Waals surface area contributed by atoms with Gasteiger partial charge in [0.1, 0.15) is 11.4 Å². The van der Waals surface area contributed by atoms with Gasteiger partial charge in [-0.1, -0.05) is 12.1 Å². The molecule has 2 heterocycles. The van der Waals surface area contributed by atoms with Crippen molar-refractivity contribution in [3.05, 3.63) is 29.8 Å². The predicted octanol–water partition coefficient (Wildman–Crippen LogP) is 0.748. The third kappa shape index (κ3) is 1.52. The molecule has 1 aromatic carbocycles. The van der Waals surface area contributed by atoms with E-state index in [9.17, 15) is 4.79 Å². The molecule has 2 N–H and O–H groups in total. The zero-order chi connectivity index (χ0) is 11.0. The molecule has 1 saturated heterocycles. The van der Waals surface area contributed by atoms with Gasteiger partial charge in [-0.2, -0.15) is 0 Å². The van der Waals surface area contributed by atoms with Crippen molar-refractivity contribution in [1.82, 2.24) is 0 Å². The van der Waals surface area contributed by atoms with Crippen molar-refractivity contribution in [1.29, 1.82) is 0 Å². The molecule has 0 aliphatic carbocycles. The van der Waals surface area contributed by atoms with Crippen LogP contribution in [-0.4, -0.2) is 24.5 Å². The molecule has 3 rings (SSSR count). The maximum atomic E-state index is 12.1. The second kappa shape index (κ2) is 3.59. The van der Waals surface area contributed by atoms with E-state index < -0.39 is 0 Å². The summed E-state index contributed by atoms with van der Waals surface area (Å²) in [5.74, 6) is 1.02. The van der Waals surface area contributed by atoms with E-state index in [0.717, 1.165) is 37.2 Å². The summed E-state index contributed by atoms with van der Waals surface area (Å²) in [7, 11) is 0. The first-order valence-corrected chi connectivity index (χ1v) is 5.92. The van der Waals surface area contributed by atoms with Crippen molar-refractivity contribution < 1.29 is 14.8 Å². The molecule has 3 nitrogen and oxygen atoms in total. The molecule has 0 amide bonds. The maximum Gasteiger partial charge on any atom is 0.170 e. The Bertz CT molecular complexity index is 422. The zero-order valence-corrected chi connectivity index (χ0v) is 9.24. The molecule has 84 valence electrons. The Morgan fingerprint density at radius 3 is 2.75 bits per heavy atom. The quantitative estimate of drug-likeness (QED) is 0.698. The van der Waals surface area contributed by atoms with E-state index in [2.05, 4.69) is 5.32 Å². The van der Waals surface area contributed by atoms with Crippen molar-refractivity contribution in [3.63, 3.8) is 0 Å². The van der Waals surface area contributed by atoms with Crippen LogP contribution in [0.1, 0.15) is 29.6 Å². The predicted molar refractivity (Wildman–Crippen MR) is 59.6 cm³/mol. The van der Waals surface area contributed by atoms with Gasteiger partial charge in [0.2, 0.25) is 0 Å². The van der Waals surface area contributed by atoms with E-state index in [1.165, 1.54) is 0 Å². The van der Waals surface area contributed by atoms with Gasteiger partial charge in [-0.15, -0.1) is 0 Å². The SMILES string of the molecule is O=C1CC2(CC[NH2+]CC2)Oc2ccccc21. The van der Waals surface area contributed by atoms with E-state index in [4.69, 9.17) is 4.74 Å². The van der Waals surface area contributed by atoms with Crippen LogP contribution in [0.15, 0.2) is 24.3 Å². The standard InChI is InChI=1S/C13H15NO2/c15-11-9-13(5-7-14-8-6-13)16-12-4-2-1-3-10(11)12/h1-4,14H,5-9H2/p+1. The van der Waals surface area contributed by atoms with Gasteiger partial charge in [0.25, 0.3) is 0 Å². The highest BCUT2D eigenvalue weighted by molar-refractivity contribution is 6.00. The Morgan fingerprint density at radius 1 is 1.19 bits per heavy atom. The van der Waals surface area contributed by atoms with Gasteiger partial charge in [0, 0.05) is 12.8 Å². The molecule has 1 fully saturated rings. The number of carbonyl (C=O) groups excluding carboxylic acids is 1. The molecule has 16 heavy (non-hydrogen) atoms. The number of rotatable bonds is 0. The number of Topliss-reactive ketones (excluding diaryl/α,β-unsaturated/α-hetero) is 1. The van der Waals surface area contributed by atoms with Crippen LogP contribution in [0.5, 0.6) is 5.75 Å². The van der Waals surface area contributed by atoms with Crippen molar-refractivity contribution in [2.24, 2.45) is 0 Å². The van der Waals surface area contributed by atoms with Crippen molar-refractivity contribution >= 4 is 5.78 Å². The van der Waals surface area contributed by atoms with Crippen LogP contribution in [-0.2, 0) is 0 Å². The fraction of sp³-hybridized carbons (Fsp3) is 0.462. The van der Waals surface area contributed by atoms with Crippen molar-refractivity contribution in [2.75, 3.05) is 13.1 Å². The molecular weight excluding hydrogens is 202 g/mol. The molecule has 1 spiro atoms. The Hall–Kier alpha value is -1.35. The molecule has 0 aromatic heterocycles. The second-order valence-electron chi connectivity index (χ2n) is 4.75. The lowest BCUT2D eigenvalue weighted by molar-refractivity contribution is -0.667. The monoisotopic (exact) mass is 218 g/mol. The summed E-state index contributed by atoms with van der Waals surface area (Å²) in [5.41, 5.74) is 0.544. The van der Waals surface area contributed by atoms with Gasteiger partial charge in [-0.25, -0.2) is 0 Å². The molecule has 3 heteroatoms. The van der Waals surface area contributed by atoms with Crippen LogP contribution in [0.3, 0.4) is 0 Å². The average molecular weight is 218 g/mol. The van der Waals surface area contributed by atoms with E-state index in [1.54, 1.807) is 0 Å². The van der Waals surface area contributed by atoms with E-state index in [0.29, 0.717) is 6.42 Å². The number of hydrogen-bond acceptors (Lipinski definition) is 2. The number of hydrogen-bond donors (Lipinski definition) is 1. The van der Waals surface area contributed by atoms with Gasteiger partial charge in [-0.05, 0) is 12.1 Å². The number of ether oxygens (including phenoxy) is 1. The second-order valence-corrected chi connectivity index (χ2v) is 4.75. The van der Waals surface area contributed by atoms with Crippen LogP contribution in [0.2, 0.25) is 0 Å². The summed E-state index contributed by atoms with van der Waals surface area (Å²) in [6.45, 7) is 2.13. The third-order valence-corrected chi connectivity index (χ3v) is 3.60. The van der Waals surface area contributed by atoms with Gasteiger partial charge in [0.05, 0.1) is 25.1 Å². The molecule has 0 unspecified atom stereocenters. The third-order valence-electron chi connectivity index (χ3n) is 3.60. The number of quaternary nitrogens is 1. The highest BCUT2D eigenvalue weighted by Gasteiger charge is 2.42. The van der Waals surface area contributed by atoms with Gasteiger partial charge in [-0.3, -0.25) is 4.79 Å². The summed E-state index contributed by atoms with van der Waals surface area (Å²) in [6.07, 6.45) is 2.51. The summed E-state index contributed by atoms with van der Waals surface area (Å²) < 4.78 is 6.09. The highest BCUT2D eigenvalue weighted by Crippen LogP contribution is 2.37. The first kappa shape index (κ1) is 9.85. The minimum Gasteiger partial charge on any atom is -0.486 e. The van der Waals surface area contributed by atoms with Gasteiger partial charge in [0.15, 0.2) is 5.78 Å². The van der Waals surface area contributed by atoms with E-state index in [1.807, 2.05) is 24.3 Å². The van der Waals surface area contributed by atoms with Crippen LogP contribution in [0, 0.1) is 0 Å². The number of benzene rings is 1. The Kier molecular flexibility index (Phi) is 2.21. The van der Waals surface area contributed by atoms with Gasteiger partial charge >= 0.3 is 0 Å². The van der Waals surface area contributed by atoms with Crippen molar-refractivity contribution in [3.8, 4) is 5.75 Å². The number of fused-ring (bicyclic) bond motifs is 1. The Morgan fingerprint density at radius 2 is 1.94 bits per heavy atom. The number of nitrogens with two attached hydrogens (primary N) is 1. The molecule has 2 aliphatic heterocycles. The van der Waals surface area contributed by atoms with E-state index >= 15 is 0 Å². The lowest BCUT2D eigenvalue weighted by Crippen LogP contribution is -2.88. The number of carbonyl (C=O) groups is 1. The molecule has 1 aromatic rings. The van der Waals surface area contributed by atoms with Crippen LogP contribution < -0.4 is 10.1 Å². The molecule has 2 aliphatic rings. The molecule has 0 atom stereocenters.